The van der Waals surface area contributed by atoms with Crippen molar-refractivity contribution in [2.75, 3.05) is 7.05 Å². The molecule has 0 fully saturated rings. The number of hydrogen-bond acceptors (Lipinski definition) is 3. The van der Waals surface area contributed by atoms with Crippen LogP contribution >= 0.6 is 22.9 Å². The van der Waals surface area contributed by atoms with Crippen LogP contribution in [-0.4, -0.2) is 18.3 Å². The van der Waals surface area contributed by atoms with Crippen LogP contribution in [0.4, 0.5) is 5.69 Å². The lowest BCUT2D eigenvalue weighted by Crippen LogP contribution is -2.16. The van der Waals surface area contributed by atoms with Crippen LogP contribution in [0, 0.1) is 0 Å². The molecule has 2 rings (SSSR count). The van der Waals surface area contributed by atoms with Crippen molar-refractivity contribution in [2.45, 2.75) is 6.54 Å². The van der Waals surface area contributed by atoms with Crippen molar-refractivity contribution in [3.8, 4) is 0 Å². The van der Waals surface area contributed by atoms with E-state index in [0.717, 1.165) is 17.3 Å². The summed E-state index contributed by atoms with van der Waals surface area (Å²) in [7, 11) is 2.00. The molecule has 0 aliphatic carbocycles. The number of rotatable bonds is 0. The molecule has 0 spiro atoms. The molecular weight excluding hydrogens is 180 g/mol. The van der Waals surface area contributed by atoms with E-state index in [-0.39, 0.29) is 0 Å². The van der Waals surface area contributed by atoms with Gasteiger partial charge in [0.1, 0.15) is 0 Å². The van der Waals surface area contributed by atoms with Gasteiger partial charge in [0.05, 0.1) is 28.5 Å². The van der Waals surface area contributed by atoms with Gasteiger partial charge >= 0.3 is 0 Å². The number of halogens is 1. The second-order valence-corrected chi connectivity index (χ2v) is 3.89. The zero-order valence-corrected chi connectivity index (χ0v) is 7.61. The molecule has 0 saturated heterocycles. The second-order valence-electron chi connectivity index (χ2n) is 2.52. The number of thiophene rings is 1. The van der Waals surface area contributed by atoms with Crippen LogP contribution in [0.25, 0.3) is 0 Å². The lowest BCUT2D eigenvalue weighted by molar-refractivity contribution is 0.515. The molecule has 0 bridgehead atoms. The molecule has 1 aliphatic rings. The topological polar surface area (TPSA) is 15.6 Å². The first-order valence-corrected chi connectivity index (χ1v) is 4.53. The Balaban J connectivity index is 2.48. The van der Waals surface area contributed by atoms with Crippen molar-refractivity contribution < 1.29 is 0 Å². The third-order valence-electron chi connectivity index (χ3n) is 1.57. The van der Waals surface area contributed by atoms with Gasteiger partial charge in [-0.15, -0.1) is 11.3 Å². The van der Waals surface area contributed by atoms with E-state index in [4.69, 9.17) is 11.6 Å². The largest absolute Gasteiger partial charge is 0.360 e. The highest BCUT2D eigenvalue weighted by atomic mass is 35.5. The molecule has 0 radical (unpaired) electrons. The van der Waals surface area contributed by atoms with Gasteiger partial charge in [0.2, 0.25) is 0 Å². The lowest BCUT2D eigenvalue weighted by atomic mass is 10.3. The molecule has 58 valence electrons. The van der Waals surface area contributed by atoms with E-state index >= 15 is 0 Å². The second kappa shape index (κ2) is 2.50. The number of hydrogen-bond donors (Lipinski definition) is 0. The molecule has 0 N–H and O–H groups in total. The monoisotopic (exact) mass is 186 g/mol. The Hall–Kier alpha value is -0.540. The minimum Gasteiger partial charge on any atom is -0.360 e. The highest BCUT2D eigenvalue weighted by molar-refractivity contribution is 7.11. The van der Waals surface area contributed by atoms with Crippen LogP contribution in [0.2, 0.25) is 5.02 Å². The van der Waals surface area contributed by atoms with Crippen molar-refractivity contribution in [3.05, 3.63) is 15.3 Å². The Morgan fingerprint density at radius 2 is 2.55 bits per heavy atom. The van der Waals surface area contributed by atoms with Gasteiger partial charge in [-0.05, 0) is 0 Å². The molecule has 4 heteroatoms. The average molecular weight is 187 g/mol. The molecule has 0 atom stereocenters. The van der Waals surface area contributed by atoms with Gasteiger partial charge in [0, 0.05) is 12.4 Å². The summed E-state index contributed by atoms with van der Waals surface area (Å²) in [4.78, 5) is 7.50. The van der Waals surface area contributed by atoms with Crippen molar-refractivity contribution in [3.63, 3.8) is 0 Å². The van der Waals surface area contributed by atoms with Crippen molar-refractivity contribution >= 4 is 35.0 Å². The molecule has 2 nitrogen and oxygen atoms in total. The zero-order valence-electron chi connectivity index (χ0n) is 6.04. The Labute approximate surface area is 74.1 Å². The zero-order chi connectivity index (χ0) is 7.84. The summed E-state index contributed by atoms with van der Waals surface area (Å²) in [5.74, 6) is 0. The van der Waals surface area contributed by atoms with Gasteiger partial charge in [-0.2, -0.15) is 0 Å². The minimum absolute atomic E-state index is 0.773. The number of aliphatic imine (C=N–C) groups is 1. The highest BCUT2D eigenvalue weighted by Crippen LogP contribution is 2.36. The van der Waals surface area contributed by atoms with Gasteiger partial charge in [0.25, 0.3) is 0 Å². The maximum absolute atomic E-state index is 5.88. The van der Waals surface area contributed by atoms with Gasteiger partial charge in [-0.3, -0.25) is 0 Å². The van der Waals surface area contributed by atoms with Gasteiger partial charge in [0.15, 0.2) is 0 Å². The quantitative estimate of drug-likeness (QED) is 0.608. The Morgan fingerprint density at radius 1 is 1.73 bits per heavy atom. The minimum atomic E-state index is 0.773. The van der Waals surface area contributed by atoms with Crippen molar-refractivity contribution in [1.82, 2.24) is 4.90 Å². The summed E-state index contributed by atoms with van der Waals surface area (Å²) < 4.78 is 0. The fourth-order valence-corrected chi connectivity index (χ4v) is 2.30. The standard InChI is InChI=1S/C7H7ClN2S/c1-10-2-6-7(9-4-10)5(8)3-11-6/h3-4H,2H2,1H3. The van der Waals surface area contributed by atoms with Gasteiger partial charge < -0.3 is 4.90 Å². The van der Waals surface area contributed by atoms with E-state index in [1.807, 2.05) is 17.3 Å². The first-order chi connectivity index (χ1) is 5.27. The molecule has 0 unspecified atom stereocenters. The van der Waals surface area contributed by atoms with E-state index in [1.54, 1.807) is 17.7 Å². The first-order valence-electron chi connectivity index (χ1n) is 3.27. The maximum Gasteiger partial charge on any atom is 0.0990 e. The molecule has 0 saturated carbocycles. The molecule has 0 amide bonds. The maximum atomic E-state index is 5.88. The summed E-state index contributed by atoms with van der Waals surface area (Å²) in [6.45, 7) is 0.927. The van der Waals surface area contributed by atoms with E-state index in [9.17, 15) is 0 Å². The number of nitrogens with zero attached hydrogens (tertiary/aromatic N) is 2. The van der Waals surface area contributed by atoms with E-state index in [2.05, 4.69) is 4.99 Å². The fraction of sp³-hybridized carbons (Fsp3) is 0.286. The van der Waals surface area contributed by atoms with E-state index < -0.39 is 0 Å². The molecule has 1 aromatic heterocycles. The predicted octanol–water partition coefficient (Wildman–Crippen LogP) is 2.51. The Morgan fingerprint density at radius 3 is 3.36 bits per heavy atom. The van der Waals surface area contributed by atoms with Gasteiger partial charge in [-0.25, -0.2) is 4.99 Å². The van der Waals surface area contributed by atoms with Crippen molar-refractivity contribution in [2.24, 2.45) is 4.99 Å². The third-order valence-corrected chi connectivity index (χ3v) is 2.95. The van der Waals surface area contributed by atoms with Crippen molar-refractivity contribution in [1.29, 1.82) is 0 Å². The van der Waals surface area contributed by atoms with E-state index in [0.29, 0.717) is 0 Å². The van der Waals surface area contributed by atoms with Crippen LogP contribution in [0.15, 0.2) is 10.4 Å². The van der Waals surface area contributed by atoms with Crippen LogP contribution in [0.1, 0.15) is 4.88 Å². The molecule has 1 aliphatic heterocycles. The average Bonchev–Trinajstić information content (AvgIpc) is 2.32. The lowest BCUT2D eigenvalue weighted by Gasteiger charge is -2.16. The molecular formula is C7H7ClN2S. The van der Waals surface area contributed by atoms with Crippen LogP contribution < -0.4 is 0 Å². The fourth-order valence-electron chi connectivity index (χ4n) is 1.04. The number of fused-ring (bicyclic) bond motifs is 1. The molecule has 1 aromatic rings. The summed E-state index contributed by atoms with van der Waals surface area (Å²) in [6.07, 6.45) is 1.81. The first kappa shape index (κ1) is 7.13. The van der Waals surface area contributed by atoms with Crippen LogP contribution in [0.5, 0.6) is 0 Å². The van der Waals surface area contributed by atoms with E-state index in [1.165, 1.54) is 4.88 Å². The van der Waals surface area contributed by atoms with Crippen LogP contribution in [-0.2, 0) is 6.54 Å². The summed E-state index contributed by atoms with van der Waals surface area (Å²) in [5.41, 5.74) is 0.953. The molecule has 11 heavy (non-hydrogen) atoms. The smallest absolute Gasteiger partial charge is 0.0990 e. The summed E-state index contributed by atoms with van der Waals surface area (Å²) in [5, 5.41) is 2.71. The Kier molecular flexibility index (Phi) is 1.62. The normalized spacial score (nSPS) is 15.3. The van der Waals surface area contributed by atoms with Crippen LogP contribution in [0.3, 0.4) is 0 Å². The summed E-state index contributed by atoms with van der Waals surface area (Å²) >= 11 is 7.55. The van der Waals surface area contributed by atoms with Gasteiger partial charge in [-0.1, -0.05) is 11.6 Å². The molecule has 0 aromatic carbocycles. The molecule has 2 heterocycles. The summed E-state index contributed by atoms with van der Waals surface area (Å²) in [6, 6.07) is 0. The highest BCUT2D eigenvalue weighted by Gasteiger charge is 2.13. The Bertz CT molecular complexity index is 305. The third kappa shape index (κ3) is 1.14. The predicted molar refractivity (Wildman–Crippen MR) is 48.9 cm³/mol. The SMILES string of the molecule is CN1C=Nc2c(Cl)csc2C1.